The number of anilines is 2. The maximum absolute atomic E-state index is 12.5. The highest BCUT2D eigenvalue weighted by Gasteiger charge is 2.22. The van der Waals surface area contributed by atoms with Gasteiger partial charge in [-0.25, -0.2) is 4.98 Å². The van der Waals surface area contributed by atoms with Crippen LogP contribution in [0.25, 0.3) is 0 Å². The second-order valence-electron chi connectivity index (χ2n) is 6.83. The lowest BCUT2D eigenvalue weighted by Crippen LogP contribution is -2.51. The molecule has 1 N–H and O–H groups in total. The number of carbonyl (C=O) groups excluding carboxylic acids is 2. The largest absolute Gasteiger partial charge is 0.368 e. The first kappa shape index (κ1) is 19.9. The van der Waals surface area contributed by atoms with Crippen molar-refractivity contribution >= 4 is 34.9 Å². The molecule has 148 valence electrons. The van der Waals surface area contributed by atoms with E-state index in [1.165, 1.54) is 0 Å². The van der Waals surface area contributed by atoms with Gasteiger partial charge in [0, 0.05) is 62.7 Å². The number of halogens is 1. The number of amides is 2. The summed E-state index contributed by atoms with van der Waals surface area (Å²) in [5.74, 6) is 0.327. The van der Waals surface area contributed by atoms with Crippen LogP contribution in [0.5, 0.6) is 0 Å². The van der Waals surface area contributed by atoms with Gasteiger partial charge in [0.25, 0.3) is 5.91 Å². The minimum absolute atomic E-state index is 0.0182. The van der Waals surface area contributed by atoms with Crippen molar-refractivity contribution in [1.29, 1.82) is 0 Å². The molecule has 1 aliphatic heterocycles. The Morgan fingerprint density at radius 3 is 2.57 bits per heavy atom. The summed E-state index contributed by atoms with van der Waals surface area (Å²) in [4.78, 5) is 34.8. The van der Waals surface area contributed by atoms with Crippen LogP contribution in [-0.2, 0) is 4.79 Å². The predicted molar refractivity (Wildman–Crippen MR) is 111 cm³/mol. The smallest absolute Gasteiger partial charge is 0.251 e. The molecule has 1 saturated heterocycles. The van der Waals surface area contributed by atoms with E-state index in [0.29, 0.717) is 29.5 Å². The Bertz CT molecular complexity index is 850. The van der Waals surface area contributed by atoms with Crippen molar-refractivity contribution < 1.29 is 9.59 Å². The van der Waals surface area contributed by atoms with E-state index < -0.39 is 0 Å². The van der Waals surface area contributed by atoms with Gasteiger partial charge in [0.2, 0.25) is 5.91 Å². The standard InChI is InChI=1S/C20H24ClN5O2/c1-24(2)18-12-15(6-7-22-18)20(28)23-14-19(27)26-10-8-25(9-11-26)17-5-3-4-16(21)13-17/h3-7,12-13H,8-11,14H2,1-2H3,(H,23,28). The molecule has 2 heterocycles. The third kappa shape index (κ3) is 4.92. The number of hydrogen-bond acceptors (Lipinski definition) is 5. The third-order valence-corrected chi connectivity index (χ3v) is 4.91. The summed E-state index contributed by atoms with van der Waals surface area (Å²) < 4.78 is 0. The fourth-order valence-corrected chi connectivity index (χ4v) is 3.25. The number of hydrogen-bond donors (Lipinski definition) is 1. The first-order chi connectivity index (χ1) is 13.4. The van der Waals surface area contributed by atoms with Gasteiger partial charge in [0.05, 0.1) is 6.54 Å². The lowest BCUT2D eigenvalue weighted by Gasteiger charge is -2.36. The number of nitrogens with zero attached hydrogens (tertiary/aromatic N) is 4. The fourth-order valence-electron chi connectivity index (χ4n) is 3.06. The Morgan fingerprint density at radius 2 is 1.89 bits per heavy atom. The van der Waals surface area contributed by atoms with Gasteiger partial charge in [-0.15, -0.1) is 0 Å². The van der Waals surface area contributed by atoms with Gasteiger partial charge in [-0.3, -0.25) is 9.59 Å². The molecule has 0 unspecified atom stereocenters. The molecule has 7 nitrogen and oxygen atoms in total. The van der Waals surface area contributed by atoms with Crippen LogP contribution >= 0.6 is 11.6 Å². The molecule has 0 aliphatic carbocycles. The Kier molecular flexibility index (Phi) is 6.36. The number of pyridine rings is 1. The topological polar surface area (TPSA) is 68.8 Å². The molecule has 1 aromatic carbocycles. The van der Waals surface area contributed by atoms with Gasteiger partial charge in [-0.05, 0) is 30.3 Å². The Balaban J connectivity index is 1.49. The first-order valence-electron chi connectivity index (χ1n) is 9.14. The summed E-state index contributed by atoms with van der Waals surface area (Å²) in [6.07, 6.45) is 1.58. The maximum atomic E-state index is 12.5. The molecule has 0 bridgehead atoms. The second-order valence-corrected chi connectivity index (χ2v) is 7.26. The summed E-state index contributed by atoms with van der Waals surface area (Å²) in [7, 11) is 3.72. The number of carbonyl (C=O) groups is 2. The fraction of sp³-hybridized carbons (Fsp3) is 0.350. The van der Waals surface area contributed by atoms with E-state index >= 15 is 0 Å². The van der Waals surface area contributed by atoms with Crippen LogP contribution in [0.4, 0.5) is 11.5 Å². The highest BCUT2D eigenvalue weighted by molar-refractivity contribution is 6.30. The van der Waals surface area contributed by atoms with Crippen LogP contribution in [0.3, 0.4) is 0 Å². The molecule has 1 aromatic heterocycles. The van der Waals surface area contributed by atoms with E-state index in [2.05, 4.69) is 15.2 Å². The number of piperazine rings is 1. The second kappa shape index (κ2) is 8.93. The Hall–Kier alpha value is -2.80. The van der Waals surface area contributed by atoms with Crippen LogP contribution in [0.1, 0.15) is 10.4 Å². The average Bonchev–Trinajstić information content (AvgIpc) is 2.72. The first-order valence-corrected chi connectivity index (χ1v) is 9.51. The molecule has 1 fully saturated rings. The zero-order chi connectivity index (χ0) is 20.1. The Labute approximate surface area is 169 Å². The van der Waals surface area contributed by atoms with E-state index in [4.69, 9.17) is 11.6 Å². The molecule has 0 spiro atoms. The molecule has 8 heteroatoms. The Morgan fingerprint density at radius 1 is 1.14 bits per heavy atom. The van der Waals surface area contributed by atoms with Crippen molar-refractivity contribution in [3.05, 3.63) is 53.2 Å². The van der Waals surface area contributed by atoms with Gasteiger partial charge >= 0.3 is 0 Å². The molecular formula is C20H24ClN5O2. The highest BCUT2D eigenvalue weighted by Crippen LogP contribution is 2.20. The number of rotatable bonds is 5. The minimum Gasteiger partial charge on any atom is -0.368 e. The van der Waals surface area contributed by atoms with Crippen LogP contribution in [0, 0.1) is 0 Å². The SMILES string of the molecule is CN(C)c1cc(C(=O)NCC(=O)N2CCN(c3cccc(Cl)c3)CC2)ccn1. The molecule has 0 saturated carbocycles. The van der Waals surface area contributed by atoms with Crippen LogP contribution < -0.4 is 15.1 Å². The lowest BCUT2D eigenvalue weighted by molar-refractivity contribution is -0.130. The summed E-state index contributed by atoms with van der Waals surface area (Å²) >= 11 is 6.05. The van der Waals surface area contributed by atoms with E-state index in [1.807, 2.05) is 43.3 Å². The average molecular weight is 402 g/mol. The van der Waals surface area contributed by atoms with Gasteiger partial charge in [-0.2, -0.15) is 0 Å². The van der Waals surface area contributed by atoms with Crippen molar-refractivity contribution in [3.8, 4) is 0 Å². The zero-order valence-electron chi connectivity index (χ0n) is 16.1. The summed E-state index contributed by atoms with van der Waals surface area (Å²) in [5, 5.41) is 3.41. The molecule has 2 aromatic rings. The molecule has 2 amide bonds. The molecule has 28 heavy (non-hydrogen) atoms. The van der Waals surface area contributed by atoms with Crippen molar-refractivity contribution in [1.82, 2.24) is 15.2 Å². The summed E-state index contributed by atoms with van der Waals surface area (Å²) in [5.41, 5.74) is 1.54. The van der Waals surface area contributed by atoms with Crippen molar-refractivity contribution in [3.63, 3.8) is 0 Å². The number of benzene rings is 1. The highest BCUT2D eigenvalue weighted by atomic mass is 35.5. The van der Waals surface area contributed by atoms with Gasteiger partial charge in [0.15, 0.2) is 0 Å². The van der Waals surface area contributed by atoms with E-state index in [1.54, 1.807) is 23.2 Å². The van der Waals surface area contributed by atoms with Crippen LogP contribution in [-0.4, -0.2) is 68.5 Å². The van der Waals surface area contributed by atoms with Gasteiger partial charge in [0.1, 0.15) is 5.82 Å². The van der Waals surface area contributed by atoms with Crippen LogP contribution in [0.15, 0.2) is 42.6 Å². The summed E-state index contributed by atoms with van der Waals surface area (Å²) in [6, 6.07) is 11.0. The van der Waals surface area contributed by atoms with E-state index in [9.17, 15) is 9.59 Å². The van der Waals surface area contributed by atoms with Crippen LogP contribution in [0.2, 0.25) is 5.02 Å². The van der Waals surface area contributed by atoms with Gasteiger partial charge < -0.3 is 20.0 Å². The summed E-state index contributed by atoms with van der Waals surface area (Å²) in [6.45, 7) is 2.67. The molecule has 0 radical (unpaired) electrons. The number of aromatic nitrogens is 1. The predicted octanol–water partition coefficient (Wildman–Crippen LogP) is 1.88. The molecule has 1 aliphatic rings. The molecule has 3 rings (SSSR count). The van der Waals surface area contributed by atoms with Crippen molar-refractivity contribution in [2.75, 3.05) is 56.6 Å². The molecule has 0 atom stereocenters. The van der Waals surface area contributed by atoms with E-state index in [0.717, 1.165) is 18.8 Å². The lowest BCUT2D eigenvalue weighted by atomic mass is 10.2. The number of nitrogens with one attached hydrogen (secondary N) is 1. The van der Waals surface area contributed by atoms with Crippen molar-refractivity contribution in [2.45, 2.75) is 0 Å². The maximum Gasteiger partial charge on any atom is 0.251 e. The van der Waals surface area contributed by atoms with Gasteiger partial charge in [-0.1, -0.05) is 17.7 Å². The van der Waals surface area contributed by atoms with Crippen molar-refractivity contribution in [2.24, 2.45) is 0 Å². The zero-order valence-corrected chi connectivity index (χ0v) is 16.8. The quantitative estimate of drug-likeness (QED) is 0.828. The molecular weight excluding hydrogens is 378 g/mol. The van der Waals surface area contributed by atoms with E-state index in [-0.39, 0.29) is 18.4 Å². The monoisotopic (exact) mass is 401 g/mol. The minimum atomic E-state index is -0.281. The normalized spacial score (nSPS) is 14.0. The third-order valence-electron chi connectivity index (χ3n) is 4.67.